The molecule has 0 atom stereocenters. The van der Waals surface area contributed by atoms with Crippen LogP contribution in [0.1, 0.15) is 33.1 Å². The highest BCUT2D eigenvalue weighted by molar-refractivity contribution is 7.16. The number of fused-ring (bicyclic) bond motifs is 1. The van der Waals surface area contributed by atoms with Crippen molar-refractivity contribution in [2.75, 3.05) is 0 Å². The summed E-state index contributed by atoms with van der Waals surface area (Å²) in [5, 5.41) is 10.8. The first-order valence-corrected chi connectivity index (χ1v) is 7.73. The number of amides is 1. The van der Waals surface area contributed by atoms with Crippen molar-refractivity contribution < 1.29 is 9.72 Å². The van der Waals surface area contributed by atoms with E-state index in [-0.39, 0.29) is 11.6 Å². The zero-order chi connectivity index (χ0) is 15.4. The Kier molecular flexibility index (Phi) is 4.85. The average molecular weight is 307 g/mol. The van der Waals surface area contributed by atoms with Crippen molar-refractivity contribution in [1.29, 1.82) is 0 Å². The lowest BCUT2D eigenvalue weighted by Crippen LogP contribution is -2.15. The van der Waals surface area contributed by atoms with Crippen molar-refractivity contribution in [2.45, 2.75) is 39.7 Å². The van der Waals surface area contributed by atoms with Gasteiger partial charge in [0, 0.05) is 25.1 Å². The number of benzene rings is 1. The molecule has 0 unspecified atom stereocenters. The second kappa shape index (κ2) is 6.62. The number of unbranched alkanes of at least 4 members (excludes halogenated alkanes) is 1. The molecule has 2 rings (SSSR count). The smallest absolute Gasteiger partial charge is 0.270 e. The van der Waals surface area contributed by atoms with Crippen LogP contribution in [0.4, 0.5) is 5.69 Å². The number of rotatable bonds is 5. The van der Waals surface area contributed by atoms with Gasteiger partial charge in [0.1, 0.15) is 0 Å². The molecule has 0 bridgehead atoms. The van der Waals surface area contributed by atoms with E-state index in [1.54, 1.807) is 6.07 Å². The van der Waals surface area contributed by atoms with Crippen LogP contribution in [0.25, 0.3) is 10.2 Å². The maximum atomic E-state index is 11.8. The van der Waals surface area contributed by atoms with E-state index in [1.807, 2.05) is 18.4 Å². The largest absolute Gasteiger partial charge is 0.317 e. The summed E-state index contributed by atoms with van der Waals surface area (Å²) in [6, 6.07) is 4.72. The van der Waals surface area contributed by atoms with Crippen LogP contribution in [0.5, 0.6) is 0 Å². The number of aromatic nitrogens is 1. The Morgan fingerprint density at radius 1 is 1.43 bits per heavy atom. The first-order chi connectivity index (χ1) is 10.1. The lowest BCUT2D eigenvalue weighted by molar-refractivity contribution is -0.384. The quantitative estimate of drug-likeness (QED) is 0.628. The summed E-state index contributed by atoms with van der Waals surface area (Å²) in [4.78, 5) is 27.0. The third-order valence-corrected chi connectivity index (χ3v) is 4.20. The molecule has 0 aliphatic carbocycles. The monoisotopic (exact) mass is 307 g/mol. The molecule has 1 aromatic carbocycles. The van der Waals surface area contributed by atoms with Crippen LogP contribution in [0.15, 0.2) is 23.2 Å². The molecule has 0 aliphatic heterocycles. The van der Waals surface area contributed by atoms with E-state index >= 15 is 0 Å². The molecular weight excluding hydrogens is 290 g/mol. The van der Waals surface area contributed by atoms with Crippen molar-refractivity contribution in [3.05, 3.63) is 33.1 Å². The third kappa shape index (κ3) is 3.36. The molecule has 1 heterocycles. The highest BCUT2D eigenvalue weighted by atomic mass is 32.1. The van der Waals surface area contributed by atoms with Crippen LogP contribution in [0, 0.1) is 10.1 Å². The van der Waals surface area contributed by atoms with Gasteiger partial charge >= 0.3 is 0 Å². The van der Waals surface area contributed by atoms with Gasteiger partial charge in [0.15, 0.2) is 4.80 Å². The summed E-state index contributed by atoms with van der Waals surface area (Å²) >= 11 is 1.31. The number of nitro groups is 1. The number of non-ortho nitro benzene ring substituents is 1. The van der Waals surface area contributed by atoms with Gasteiger partial charge in [-0.05, 0) is 19.4 Å². The fraction of sp³-hybridized carbons (Fsp3) is 0.429. The van der Waals surface area contributed by atoms with Crippen molar-refractivity contribution in [3.63, 3.8) is 0 Å². The number of aryl methyl sites for hydroxylation is 1. The highest BCUT2D eigenvalue weighted by Crippen LogP contribution is 2.23. The zero-order valence-electron chi connectivity index (χ0n) is 12.0. The van der Waals surface area contributed by atoms with Crippen molar-refractivity contribution in [3.8, 4) is 0 Å². The minimum absolute atomic E-state index is 0.0517. The molecule has 6 nitrogen and oxygen atoms in total. The first-order valence-electron chi connectivity index (χ1n) is 6.92. The number of hydrogen-bond acceptors (Lipinski definition) is 4. The molecule has 1 amide bonds. The second-order valence-corrected chi connectivity index (χ2v) is 5.66. The van der Waals surface area contributed by atoms with Crippen LogP contribution in [0.3, 0.4) is 0 Å². The molecule has 112 valence electrons. The minimum Gasteiger partial charge on any atom is -0.317 e. The van der Waals surface area contributed by atoms with Gasteiger partial charge in [-0.2, -0.15) is 4.99 Å². The lowest BCUT2D eigenvalue weighted by atomic mass is 10.2. The van der Waals surface area contributed by atoms with Gasteiger partial charge in [0.05, 0.1) is 15.1 Å². The fourth-order valence-corrected chi connectivity index (χ4v) is 3.20. The normalized spacial score (nSPS) is 12.0. The van der Waals surface area contributed by atoms with Crippen LogP contribution >= 0.6 is 11.3 Å². The average Bonchev–Trinajstić information content (AvgIpc) is 2.80. The molecule has 1 aromatic heterocycles. The maximum absolute atomic E-state index is 11.8. The van der Waals surface area contributed by atoms with E-state index in [0.717, 1.165) is 23.1 Å². The topological polar surface area (TPSA) is 77.5 Å². The van der Waals surface area contributed by atoms with E-state index in [9.17, 15) is 14.9 Å². The number of carbonyl (C=O) groups is 1. The summed E-state index contributed by atoms with van der Waals surface area (Å²) < 4.78 is 2.68. The third-order valence-electron chi connectivity index (χ3n) is 3.16. The standard InChI is InChI=1S/C14H17N3O3S/c1-3-5-6-13(18)15-14-16(4-2)11-8-7-10(17(19)20)9-12(11)21-14/h7-9H,3-6H2,1-2H3. The predicted molar refractivity (Wildman–Crippen MR) is 82.2 cm³/mol. The van der Waals surface area contributed by atoms with Crippen LogP contribution in [0.2, 0.25) is 0 Å². The molecule has 0 aliphatic rings. The summed E-state index contributed by atoms with van der Waals surface area (Å²) in [5.41, 5.74) is 0.922. The van der Waals surface area contributed by atoms with E-state index in [0.29, 0.717) is 17.8 Å². The number of hydrogen-bond donors (Lipinski definition) is 0. The van der Waals surface area contributed by atoms with Crippen LogP contribution < -0.4 is 4.80 Å². The number of thiazole rings is 1. The molecule has 0 N–H and O–H groups in total. The van der Waals surface area contributed by atoms with Gasteiger partial charge in [0.25, 0.3) is 5.69 Å². The molecular formula is C14H17N3O3S. The number of nitrogens with zero attached hydrogens (tertiary/aromatic N) is 3. The molecule has 0 fully saturated rings. The Morgan fingerprint density at radius 3 is 2.81 bits per heavy atom. The number of nitro benzene ring substituents is 1. The van der Waals surface area contributed by atoms with Crippen molar-refractivity contribution >= 4 is 33.1 Å². The van der Waals surface area contributed by atoms with Gasteiger partial charge < -0.3 is 4.57 Å². The predicted octanol–water partition coefficient (Wildman–Crippen LogP) is 3.25. The van der Waals surface area contributed by atoms with Crippen LogP contribution in [-0.4, -0.2) is 15.4 Å². The lowest BCUT2D eigenvalue weighted by Gasteiger charge is -1.99. The van der Waals surface area contributed by atoms with Crippen molar-refractivity contribution in [2.24, 2.45) is 4.99 Å². The maximum Gasteiger partial charge on any atom is 0.270 e. The molecule has 2 aromatic rings. The summed E-state index contributed by atoms with van der Waals surface area (Å²) in [7, 11) is 0. The Bertz CT molecular complexity index is 745. The Hall–Kier alpha value is -2.02. The second-order valence-electron chi connectivity index (χ2n) is 4.65. The Balaban J connectivity index is 2.51. The molecule has 0 spiro atoms. The van der Waals surface area contributed by atoms with Gasteiger partial charge in [-0.15, -0.1) is 0 Å². The van der Waals surface area contributed by atoms with Gasteiger partial charge in [-0.3, -0.25) is 14.9 Å². The number of carbonyl (C=O) groups excluding carboxylic acids is 1. The Morgan fingerprint density at radius 2 is 2.19 bits per heavy atom. The van der Waals surface area contributed by atoms with E-state index in [1.165, 1.54) is 23.5 Å². The molecule has 21 heavy (non-hydrogen) atoms. The Labute approximate surface area is 125 Å². The minimum atomic E-state index is -0.418. The molecule has 7 heteroatoms. The van der Waals surface area contributed by atoms with Crippen LogP contribution in [-0.2, 0) is 11.3 Å². The fourth-order valence-electron chi connectivity index (χ4n) is 2.06. The van der Waals surface area contributed by atoms with E-state index in [4.69, 9.17) is 0 Å². The molecule has 0 saturated heterocycles. The van der Waals surface area contributed by atoms with Gasteiger partial charge in [-0.1, -0.05) is 24.7 Å². The highest BCUT2D eigenvalue weighted by Gasteiger charge is 2.11. The van der Waals surface area contributed by atoms with Gasteiger partial charge in [0.2, 0.25) is 5.91 Å². The molecule has 0 radical (unpaired) electrons. The zero-order valence-corrected chi connectivity index (χ0v) is 12.9. The summed E-state index contributed by atoms with van der Waals surface area (Å²) in [5.74, 6) is -0.139. The first kappa shape index (κ1) is 15.4. The van der Waals surface area contributed by atoms with Gasteiger partial charge in [-0.25, -0.2) is 0 Å². The SMILES string of the molecule is CCCCC(=O)N=c1sc2cc([N+](=O)[O-])ccc2n1CC. The summed E-state index contributed by atoms with van der Waals surface area (Å²) in [6.07, 6.45) is 2.22. The summed E-state index contributed by atoms with van der Waals surface area (Å²) in [6.45, 7) is 4.65. The molecule has 0 saturated carbocycles. The van der Waals surface area contributed by atoms with E-state index < -0.39 is 4.92 Å². The van der Waals surface area contributed by atoms with Crippen molar-refractivity contribution in [1.82, 2.24) is 4.57 Å². The van der Waals surface area contributed by atoms with E-state index in [2.05, 4.69) is 4.99 Å².